The molecule has 0 fully saturated rings. The zero-order valence-electron chi connectivity index (χ0n) is 9.60. The normalized spacial score (nSPS) is 12.4. The van der Waals surface area contributed by atoms with E-state index in [2.05, 4.69) is 4.98 Å². The van der Waals surface area contributed by atoms with Crippen LogP contribution in [0.3, 0.4) is 0 Å². The molecule has 0 aliphatic rings. The van der Waals surface area contributed by atoms with Crippen molar-refractivity contribution >= 4 is 35.0 Å². The lowest BCUT2D eigenvalue weighted by Gasteiger charge is -2.03. The molecule has 0 saturated carbocycles. The third-order valence-electron chi connectivity index (χ3n) is 2.13. The van der Waals surface area contributed by atoms with Crippen molar-refractivity contribution in [2.75, 3.05) is 5.75 Å². The van der Waals surface area contributed by atoms with Gasteiger partial charge in [-0.2, -0.15) is 0 Å². The van der Waals surface area contributed by atoms with Gasteiger partial charge in [0.1, 0.15) is 4.34 Å². The number of nitrogens with two attached hydrogens (primary N) is 1. The standard InChI is InChI=1S/C10H14N2O3S2/c1-5(9(11)15)4-16-10-12-6(2)7(17-10)3-8(13)14/h5H,3-4H2,1-2H3,(H2,11,15)(H,13,14). The van der Waals surface area contributed by atoms with Gasteiger partial charge in [0.25, 0.3) is 0 Å². The molecule has 1 aromatic heterocycles. The fraction of sp³-hybridized carbons (Fsp3) is 0.500. The van der Waals surface area contributed by atoms with Gasteiger partial charge in [0.2, 0.25) is 5.91 Å². The van der Waals surface area contributed by atoms with Gasteiger partial charge >= 0.3 is 5.97 Å². The fourth-order valence-electron chi connectivity index (χ4n) is 1.04. The number of carbonyl (C=O) groups excluding carboxylic acids is 1. The molecule has 0 aromatic carbocycles. The van der Waals surface area contributed by atoms with Crippen LogP contribution in [-0.4, -0.2) is 27.7 Å². The lowest BCUT2D eigenvalue weighted by Crippen LogP contribution is -2.22. The molecule has 1 aromatic rings. The number of thiazole rings is 1. The molecule has 0 aliphatic carbocycles. The predicted molar refractivity (Wildman–Crippen MR) is 67.3 cm³/mol. The van der Waals surface area contributed by atoms with Gasteiger partial charge in [-0.3, -0.25) is 9.59 Å². The van der Waals surface area contributed by atoms with Gasteiger partial charge in [-0.25, -0.2) is 4.98 Å². The van der Waals surface area contributed by atoms with Gasteiger partial charge in [0.15, 0.2) is 0 Å². The van der Waals surface area contributed by atoms with E-state index in [1.165, 1.54) is 23.1 Å². The van der Waals surface area contributed by atoms with Crippen molar-refractivity contribution in [3.63, 3.8) is 0 Å². The van der Waals surface area contributed by atoms with Gasteiger partial charge in [0.05, 0.1) is 12.1 Å². The van der Waals surface area contributed by atoms with Crippen LogP contribution in [0.15, 0.2) is 4.34 Å². The van der Waals surface area contributed by atoms with Crippen LogP contribution in [0.2, 0.25) is 0 Å². The molecule has 0 aliphatic heterocycles. The van der Waals surface area contributed by atoms with Gasteiger partial charge in [-0.05, 0) is 6.92 Å². The summed E-state index contributed by atoms with van der Waals surface area (Å²) >= 11 is 2.79. The zero-order valence-corrected chi connectivity index (χ0v) is 11.2. The molecule has 1 unspecified atom stereocenters. The third kappa shape index (κ3) is 4.35. The van der Waals surface area contributed by atoms with Crippen molar-refractivity contribution < 1.29 is 14.7 Å². The Morgan fingerprint density at radius 3 is 2.76 bits per heavy atom. The molecule has 5 nitrogen and oxygen atoms in total. The monoisotopic (exact) mass is 274 g/mol. The Morgan fingerprint density at radius 1 is 1.59 bits per heavy atom. The minimum atomic E-state index is -0.862. The lowest BCUT2D eigenvalue weighted by molar-refractivity contribution is -0.136. The summed E-state index contributed by atoms with van der Waals surface area (Å²) in [6.07, 6.45) is -0.00453. The molecule has 17 heavy (non-hydrogen) atoms. The number of amides is 1. The first-order chi connectivity index (χ1) is 7.90. The van der Waals surface area contributed by atoms with E-state index in [9.17, 15) is 9.59 Å². The maximum Gasteiger partial charge on any atom is 0.308 e. The third-order valence-corrected chi connectivity index (χ3v) is 4.69. The van der Waals surface area contributed by atoms with Gasteiger partial charge in [0, 0.05) is 16.5 Å². The molecule has 3 N–H and O–H groups in total. The van der Waals surface area contributed by atoms with Crippen molar-refractivity contribution in [3.05, 3.63) is 10.6 Å². The number of carbonyl (C=O) groups is 2. The van der Waals surface area contributed by atoms with E-state index in [0.29, 0.717) is 5.75 Å². The summed E-state index contributed by atoms with van der Waals surface area (Å²) in [6.45, 7) is 3.55. The molecule has 1 atom stereocenters. The zero-order chi connectivity index (χ0) is 13.0. The molecular formula is C10H14N2O3S2. The van der Waals surface area contributed by atoms with Crippen LogP contribution < -0.4 is 5.73 Å². The van der Waals surface area contributed by atoms with Gasteiger partial charge < -0.3 is 10.8 Å². The molecule has 0 saturated heterocycles. The number of aliphatic carboxylic acids is 1. The Morgan fingerprint density at radius 2 is 2.24 bits per heavy atom. The lowest BCUT2D eigenvalue weighted by atomic mass is 10.2. The first-order valence-electron chi connectivity index (χ1n) is 5.00. The molecule has 0 bridgehead atoms. The molecule has 7 heteroatoms. The first kappa shape index (κ1) is 14.0. The number of aromatic nitrogens is 1. The minimum Gasteiger partial charge on any atom is -0.481 e. The number of thioether (sulfide) groups is 1. The Bertz CT molecular complexity index is 431. The van der Waals surface area contributed by atoms with E-state index < -0.39 is 5.97 Å². The first-order valence-corrected chi connectivity index (χ1v) is 6.80. The average Bonchev–Trinajstić information content (AvgIpc) is 2.55. The minimum absolute atomic E-state index is 0.00453. The van der Waals surface area contributed by atoms with E-state index in [1.54, 1.807) is 13.8 Å². The Kier molecular flexibility index (Phi) is 4.95. The fourth-order valence-corrected chi connectivity index (χ4v) is 3.33. The predicted octanol–water partition coefficient (Wildman–Crippen LogP) is 1.29. The van der Waals surface area contributed by atoms with Crippen molar-refractivity contribution in [1.82, 2.24) is 4.98 Å². The highest BCUT2D eigenvalue weighted by atomic mass is 32.2. The van der Waals surface area contributed by atoms with Crippen LogP contribution in [0.25, 0.3) is 0 Å². The summed E-state index contributed by atoms with van der Waals surface area (Å²) in [7, 11) is 0. The van der Waals surface area contributed by atoms with Crippen LogP contribution >= 0.6 is 23.1 Å². The summed E-state index contributed by atoms with van der Waals surface area (Å²) in [6, 6.07) is 0. The summed E-state index contributed by atoms with van der Waals surface area (Å²) < 4.78 is 0.784. The summed E-state index contributed by atoms with van der Waals surface area (Å²) in [5.41, 5.74) is 5.90. The molecule has 1 heterocycles. The number of carboxylic acid groups (broad SMARTS) is 1. The maximum atomic E-state index is 10.9. The Labute approximate surface area is 107 Å². The quantitative estimate of drug-likeness (QED) is 0.762. The van der Waals surface area contributed by atoms with Crippen LogP contribution in [0.5, 0.6) is 0 Å². The van der Waals surface area contributed by atoms with E-state index >= 15 is 0 Å². The number of aryl methyl sites for hydroxylation is 1. The largest absolute Gasteiger partial charge is 0.481 e. The Balaban J connectivity index is 2.61. The summed E-state index contributed by atoms with van der Waals surface area (Å²) in [5, 5.41) is 8.70. The maximum absolute atomic E-state index is 10.9. The van der Waals surface area contributed by atoms with E-state index in [-0.39, 0.29) is 18.2 Å². The Hall–Kier alpha value is -1.08. The van der Waals surface area contributed by atoms with Crippen LogP contribution in [0.4, 0.5) is 0 Å². The van der Waals surface area contributed by atoms with Crippen LogP contribution in [0.1, 0.15) is 17.5 Å². The second-order valence-electron chi connectivity index (χ2n) is 3.67. The molecule has 94 valence electrons. The summed E-state index contributed by atoms with van der Waals surface area (Å²) in [4.78, 5) is 26.5. The van der Waals surface area contributed by atoms with E-state index in [1.807, 2.05) is 0 Å². The van der Waals surface area contributed by atoms with E-state index in [4.69, 9.17) is 10.8 Å². The second-order valence-corrected chi connectivity index (χ2v) is 6.02. The molecule has 1 amide bonds. The molecule has 0 spiro atoms. The SMILES string of the molecule is Cc1nc(SCC(C)C(N)=O)sc1CC(=O)O. The highest BCUT2D eigenvalue weighted by molar-refractivity contribution is 8.01. The van der Waals surface area contributed by atoms with Crippen molar-refractivity contribution in [1.29, 1.82) is 0 Å². The van der Waals surface area contributed by atoms with Crippen molar-refractivity contribution in [2.45, 2.75) is 24.6 Å². The number of carboxylic acids is 1. The average molecular weight is 274 g/mol. The topological polar surface area (TPSA) is 93.3 Å². The van der Waals surface area contributed by atoms with Crippen molar-refractivity contribution in [2.24, 2.45) is 11.7 Å². The van der Waals surface area contributed by atoms with Crippen LogP contribution in [-0.2, 0) is 16.0 Å². The number of nitrogens with zero attached hydrogens (tertiary/aromatic N) is 1. The smallest absolute Gasteiger partial charge is 0.308 e. The second kappa shape index (κ2) is 6.02. The van der Waals surface area contributed by atoms with Gasteiger partial charge in [-0.1, -0.05) is 18.7 Å². The highest BCUT2D eigenvalue weighted by Gasteiger charge is 2.14. The van der Waals surface area contributed by atoms with Crippen LogP contribution in [0, 0.1) is 12.8 Å². The number of rotatable bonds is 6. The van der Waals surface area contributed by atoms with E-state index in [0.717, 1.165) is 14.9 Å². The summed E-state index contributed by atoms with van der Waals surface area (Å²) in [5.74, 6) is -0.850. The number of hydrogen-bond donors (Lipinski definition) is 2. The highest BCUT2D eigenvalue weighted by Crippen LogP contribution is 2.28. The van der Waals surface area contributed by atoms with Crippen molar-refractivity contribution in [3.8, 4) is 0 Å². The molecule has 1 rings (SSSR count). The number of hydrogen-bond acceptors (Lipinski definition) is 5. The molecule has 0 radical (unpaired) electrons. The van der Waals surface area contributed by atoms with Gasteiger partial charge in [-0.15, -0.1) is 11.3 Å². The number of primary amides is 1. The molecular weight excluding hydrogens is 260 g/mol.